The highest BCUT2D eigenvalue weighted by Gasteiger charge is 2.29. The first kappa shape index (κ1) is 17.5. The second-order valence-corrected chi connectivity index (χ2v) is 8.00. The number of hydrogen-bond donors (Lipinski definition) is 1. The molecule has 114 valence electrons. The summed E-state index contributed by atoms with van der Waals surface area (Å²) in [7, 11) is -3.15. The summed E-state index contributed by atoms with van der Waals surface area (Å²) in [5, 5.41) is 2.72. The average molecular weight is 364 g/mol. The number of hydrogen-bond acceptors (Lipinski definition) is 4. The van der Waals surface area contributed by atoms with Gasteiger partial charge < -0.3 is 10.1 Å². The Bertz CT molecular complexity index is 545. The van der Waals surface area contributed by atoms with Crippen LogP contribution in [0, 0.1) is 0 Å². The van der Waals surface area contributed by atoms with Gasteiger partial charge in [0.25, 0.3) is 0 Å². The topological polar surface area (TPSA) is 55.4 Å². The van der Waals surface area contributed by atoms with Gasteiger partial charge in [-0.2, -0.15) is 0 Å². The van der Waals surface area contributed by atoms with E-state index in [0.29, 0.717) is 13.2 Å². The van der Waals surface area contributed by atoms with Gasteiger partial charge in [0.05, 0.1) is 17.9 Å². The predicted octanol–water partition coefficient (Wildman–Crippen LogP) is 2.93. The molecule has 1 aromatic rings. The molecule has 6 heteroatoms. The van der Waals surface area contributed by atoms with Crippen LogP contribution in [0.2, 0.25) is 0 Å². The van der Waals surface area contributed by atoms with Crippen LogP contribution in [0.4, 0.5) is 0 Å². The van der Waals surface area contributed by atoms with Crippen molar-refractivity contribution in [2.24, 2.45) is 0 Å². The standard InChI is InChI=1S/C14H22BrNO3S/c1-5-16-14(10(3)20(4,17)18)12-9-11(15)7-8-13(12)19-6-2/h7-10,14,16H,5-6H2,1-4H3. The Morgan fingerprint density at radius 1 is 1.35 bits per heavy atom. The summed E-state index contributed by atoms with van der Waals surface area (Å²) in [6.07, 6.45) is 1.26. The minimum atomic E-state index is -3.15. The lowest BCUT2D eigenvalue weighted by Crippen LogP contribution is -2.35. The molecule has 2 atom stereocenters. The Hall–Kier alpha value is -0.590. The van der Waals surface area contributed by atoms with E-state index in [0.717, 1.165) is 15.8 Å². The zero-order valence-corrected chi connectivity index (χ0v) is 14.7. The third kappa shape index (κ3) is 4.46. The molecule has 20 heavy (non-hydrogen) atoms. The lowest BCUT2D eigenvalue weighted by molar-refractivity contribution is 0.331. The van der Waals surface area contributed by atoms with Gasteiger partial charge in [0.2, 0.25) is 0 Å². The summed E-state index contributed by atoms with van der Waals surface area (Å²) in [5.41, 5.74) is 0.862. The van der Waals surface area contributed by atoms with E-state index in [1.807, 2.05) is 32.0 Å². The first-order valence-corrected chi connectivity index (χ1v) is 9.40. The molecule has 0 aliphatic carbocycles. The molecule has 0 saturated heterocycles. The predicted molar refractivity (Wildman–Crippen MR) is 86.0 cm³/mol. The van der Waals surface area contributed by atoms with Gasteiger partial charge in [0.1, 0.15) is 5.75 Å². The number of sulfone groups is 1. The van der Waals surface area contributed by atoms with E-state index >= 15 is 0 Å². The highest BCUT2D eigenvalue weighted by atomic mass is 79.9. The van der Waals surface area contributed by atoms with Crippen LogP contribution in [0.3, 0.4) is 0 Å². The molecular formula is C14H22BrNO3S. The molecule has 0 saturated carbocycles. The third-order valence-corrected chi connectivity index (χ3v) is 5.29. The molecule has 0 aliphatic rings. The van der Waals surface area contributed by atoms with Crippen LogP contribution in [0.5, 0.6) is 5.75 Å². The summed E-state index contributed by atoms with van der Waals surface area (Å²) >= 11 is 3.43. The van der Waals surface area contributed by atoms with Crippen LogP contribution in [0.1, 0.15) is 32.4 Å². The van der Waals surface area contributed by atoms with Gasteiger partial charge in [-0.05, 0) is 38.6 Å². The maximum atomic E-state index is 11.9. The fourth-order valence-corrected chi connectivity index (χ4v) is 3.16. The van der Waals surface area contributed by atoms with Crippen molar-refractivity contribution in [3.05, 3.63) is 28.2 Å². The van der Waals surface area contributed by atoms with Gasteiger partial charge in [-0.25, -0.2) is 8.42 Å². The zero-order valence-electron chi connectivity index (χ0n) is 12.3. The minimum Gasteiger partial charge on any atom is -0.494 e. The molecule has 0 heterocycles. The van der Waals surface area contributed by atoms with E-state index in [1.54, 1.807) is 6.92 Å². The summed E-state index contributed by atoms with van der Waals surface area (Å²) in [6, 6.07) is 5.37. The van der Waals surface area contributed by atoms with E-state index in [1.165, 1.54) is 6.26 Å². The number of benzene rings is 1. The van der Waals surface area contributed by atoms with Crippen LogP contribution in [-0.2, 0) is 9.84 Å². The SMILES string of the molecule is CCNC(c1cc(Br)ccc1OCC)C(C)S(C)(=O)=O. The molecule has 1 aromatic carbocycles. The van der Waals surface area contributed by atoms with E-state index in [-0.39, 0.29) is 6.04 Å². The van der Waals surface area contributed by atoms with Gasteiger partial charge in [-0.3, -0.25) is 0 Å². The van der Waals surface area contributed by atoms with Crippen molar-refractivity contribution in [2.75, 3.05) is 19.4 Å². The summed E-state index contributed by atoms with van der Waals surface area (Å²) in [4.78, 5) is 0. The Morgan fingerprint density at radius 2 is 2.00 bits per heavy atom. The summed E-state index contributed by atoms with van der Waals surface area (Å²) in [6.45, 7) is 6.82. The van der Waals surface area contributed by atoms with Crippen molar-refractivity contribution in [1.82, 2.24) is 5.32 Å². The Kier molecular flexibility index (Phi) is 6.48. The van der Waals surface area contributed by atoms with E-state index < -0.39 is 15.1 Å². The number of halogens is 1. The molecule has 4 nitrogen and oxygen atoms in total. The number of ether oxygens (including phenoxy) is 1. The highest BCUT2D eigenvalue weighted by Crippen LogP contribution is 2.32. The lowest BCUT2D eigenvalue weighted by atomic mass is 10.0. The van der Waals surface area contributed by atoms with Crippen LogP contribution in [0.25, 0.3) is 0 Å². The molecule has 0 aromatic heterocycles. The van der Waals surface area contributed by atoms with Crippen LogP contribution >= 0.6 is 15.9 Å². The normalized spacial score (nSPS) is 14.8. The van der Waals surface area contributed by atoms with E-state index in [4.69, 9.17) is 4.74 Å². The molecule has 0 fully saturated rings. The Morgan fingerprint density at radius 3 is 2.50 bits per heavy atom. The summed E-state index contributed by atoms with van der Waals surface area (Å²) in [5.74, 6) is 0.720. The van der Waals surface area contributed by atoms with Gasteiger partial charge in [-0.1, -0.05) is 22.9 Å². The maximum absolute atomic E-state index is 11.9. The van der Waals surface area contributed by atoms with Crippen molar-refractivity contribution in [3.63, 3.8) is 0 Å². The quantitative estimate of drug-likeness (QED) is 0.808. The van der Waals surface area contributed by atoms with Crippen LogP contribution in [-0.4, -0.2) is 33.1 Å². The summed E-state index contributed by atoms with van der Waals surface area (Å²) < 4.78 is 30.3. The van der Waals surface area contributed by atoms with Crippen LogP contribution in [0.15, 0.2) is 22.7 Å². The molecule has 0 radical (unpaired) electrons. The molecule has 0 bridgehead atoms. The molecule has 1 rings (SSSR count). The second kappa shape index (κ2) is 7.43. The molecule has 0 aliphatic heterocycles. The monoisotopic (exact) mass is 363 g/mol. The van der Waals surface area contributed by atoms with Crippen molar-refractivity contribution >= 4 is 25.8 Å². The maximum Gasteiger partial charge on any atom is 0.151 e. The first-order valence-electron chi connectivity index (χ1n) is 6.65. The molecule has 0 amide bonds. The van der Waals surface area contributed by atoms with Crippen molar-refractivity contribution in [2.45, 2.75) is 32.1 Å². The second-order valence-electron chi connectivity index (χ2n) is 4.69. The molecule has 1 N–H and O–H groups in total. The first-order chi connectivity index (χ1) is 9.31. The van der Waals surface area contributed by atoms with E-state index in [9.17, 15) is 8.42 Å². The van der Waals surface area contributed by atoms with Crippen molar-refractivity contribution in [3.8, 4) is 5.75 Å². The van der Waals surface area contributed by atoms with E-state index in [2.05, 4.69) is 21.2 Å². The Labute approximate surface area is 130 Å². The zero-order chi connectivity index (χ0) is 15.3. The Balaban J connectivity index is 3.29. The molecule has 0 spiro atoms. The number of rotatable bonds is 7. The third-order valence-electron chi connectivity index (χ3n) is 3.18. The van der Waals surface area contributed by atoms with Crippen LogP contribution < -0.4 is 10.1 Å². The number of nitrogens with one attached hydrogen (secondary N) is 1. The van der Waals surface area contributed by atoms with Gasteiger partial charge >= 0.3 is 0 Å². The average Bonchev–Trinajstić information content (AvgIpc) is 2.36. The molecule has 2 unspecified atom stereocenters. The van der Waals surface area contributed by atoms with Gasteiger partial charge in [0.15, 0.2) is 9.84 Å². The van der Waals surface area contributed by atoms with Crippen molar-refractivity contribution in [1.29, 1.82) is 0 Å². The lowest BCUT2D eigenvalue weighted by Gasteiger charge is -2.26. The highest BCUT2D eigenvalue weighted by molar-refractivity contribution is 9.10. The minimum absolute atomic E-state index is 0.297. The smallest absolute Gasteiger partial charge is 0.151 e. The largest absolute Gasteiger partial charge is 0.494 e. The fraction of sp³-hybridized carbons (Fsp3) is 0.571. The van der Waals surface area contributed by atoms with Crippen molar-refractivity contribution < 1.29 is 13.2 Å². The van der Waals surface area contributed by atoms with Gasteiger partial charge in [-0.15, -0.1) is 0 Å². The fourth-order valence-electron chi connectivity index (χ4n) is 2.05. The molecular weight excluding hydrogens is 342 g/mol. The van der Waals surface area contributed by atoms with Gasteiger partial charge in [0, 0.05) is 16.3 Å².